The van der Waals surface area contributed by atoms with Crippen LogP contribution in [-0.4, -0.2) is 16.4 Å². The van der Waals surface area contributed by atoms with Crippen LogP contribution in [0.4, 0.5) is 11.4 Å². The fourth-order valence-corrected chi connectivity index (χ4v) is 4.36. The number of hydrogen-bond acceptors (Lipinski definition) is 2. The lowest BCUT2D eigenvalue weighted by Gasteiger charge is -2.23. The van der Waals surface area contributed by atoms with Gasteiger partial charge in [-0.2, -0.15) is 0 Å². The first-order valence-electron chi connectivity index (χ1n) is 10.4. The van der Waals surface area contributed by atoms with Crippen molar-refractivity contribution in [2.24, 2.45) is 0 Å². The molecule has 0 saturated carbocycles. The average Bonchev–Trinajstić information content (AvgIpc) is 3.19. The molecule has 0 unspecified atom stereocenters. The van der Waals surface area contributed by atoms with Gasteiger partial charge in [0.1, 0.15) is 0 Å². The number of rotatable bonds is 3. The number of anilines is 2. The number of para-hydroxylation sites is 1. The molecule has 1 aliphatic heterocycles. The quantitative estimate of drug-likeness (QED) is 0.380. The first-order valence-corrected chi connectivity index (χ1v) is 11.2. The molecule has 0 aliphatic carbocycles. The molecule has 1 aromatic heterocycles. The van der Waals surface area contributed by atoms with Crippen molar-refractivity contribution in [3.8, 4) is 0 Å². The molecule has 1 aliphatic rings. The summed E-state index contributed by atoms with van der Waals surface area (Å²) in [5, 5.41) is 3.54. The van der Waals surface area contributed by atoms with E-state index in [0.717, 1.165) is 23.5 Å². The van der Waals surface area contributed by atoms with Gasteiger partial charge in [0.05, 0.1) is 17.1 Å². The molecule has 0 radical (unpaired) electrons. The number of benzene rings is 3. The molecular formula is C26H19Cl2N3O2. The highest BCUT2D eigenvalue weighted by atomic mass is 35.5. The van der Waals surface area contributed by atoms with Crippen molar-refractivity contribution in [3.63, 3.8) is 0 Å². The van der Waals surface area contributed by atoms with Crippen LogP contribution in [0, 0.1) is 0 Å². The van der Waals surface area contributed by atoms with E-state index in [0.29, 0.717) is 27.8 Å². The van der Waals surface area contributed by atoms with Crippen molar-refractivity contribution in [2.45, 2.75) is 13.1 Å². The topological polar surface area (TPSA) is 54.3 Å². The summed E-state index contributed by atoms with van der Waals surface area (Å²) in [6.07, 6.45) is 2.03. The van der Waals surface area contributed by atoms with Gasteiger partial charge in [0.25, 0.3) is 11.8 Å². The summed E-state index contributed by atoms with van der Waals surface area (Å²) in [6, 6.07) is 23.5. The molecule has 5 rings (SSSR count). The molecule has 0 fully saturated rings. The Labute approximate surface area is 201 Å². The molecule has 0 atom stereocenters. The zero-order valence-electron chi connectivity index (χ0n) is 17.5. The van der Waals surface area contributed by atoms with Gasteiger partial charge in [-0.25, -0.2) is 0 Å². The Kier molecular flexibility index (Phi) is 5.67. The molecule has 5 nitrogen and oxygen atoms in total. The molecule has 0 saturated heterocycles. The van der Waals surface area contributed by atoms with Gasteiger partial charge in [-0.1, -0.05) is 41.4 Å². The number of amides is 2. The summed E-state index contributed by atoms with van der Waals surface area (Å²) in [6.45, 7) is 1.20. The van der Waals surface area contributed by atoms with E-state index in [2.05, 4.69) is 9.88 Å². The second-order valence-electron chi connectivity index (χ2n) is 7.80. The molecule has 164 valence electrons. The second-order valence-corrected chi connectivity index (χ2v) is 8.65. The van der Waals surface area contributed by atoms with Gasteiger partial charge in [-0.05, 0) is 66.2 Å². The molecule has 2 amide bonds. The van der Waals surface area contributed by atoms with Crippen LogP contribution < -0.4 is 10.2 Å². The summed E-state index contributed by atoms with van der Waals surface area (Å²) in [5.74, 6) is -0.475. The predicted octanol–water partition coefficient (Wildman–Crippen LogP) is 6.26. The highest BCUT2D eigenvalue weighted by Gasteiger charge is 2.24. The highest BCUT2D eigenvalue weighted by Crippen LogP contribution is 2.29. The van der Waals surface area contributed by atoms with Gasteiger partial charge in [-0.15, -0.1) is 0 Å². The van der Waals surface area contributed by atoms with E-state index >= 15 is 0 Å². The number of halogens is 2. The van der Waals surface area contributed by atoms with E-state index in [1.54, 1.807) is 41.3 Å². The van der Waals surface area contributed by atoms with Crippen LogP contribution in [-0.2, 0) is 13.1 Å². The Morgan fingerprint density at radius 3 is 2.45 bits per heavy atom. The number of aromatic nitrogens is 1. The molecule has 33 heavy (non-hydrogen) atoms. The Morgan fingerprint density at radius 1 is 0.848 bits per heavy atom. The van der Waals surface area contributed by atoms with E-state index in [9.17, 15) is 9.59 Å². The lowest BCUT2D eigenvalue weighted by Crippen LogP contribution is -2.30. The maximum atomic E-state index is 13.5. The van der Waals surface area contributed by atoms with Crippen molar-refractivity contribution in [1.29, 1.82) is 0 Å². The van der Waals surface area contributed by atoms with E-state index in [-0.39, 0.29) is 17.4 Å². The lowest BCUT2D eigenvalue weighted by molar-refractivity contribution is 0.0983. The summed E-state index contributed by atoms with van der Waals surface area (Å²) >= 11 is 12.1. The number of hydrogen-bond donors (Lipinski definition) is 1. The highest BCUT2D eigenvalue weighted by molar-refractivity contribution is 6.36. The number of nitrogens with one attached hydrogen (secondary N) is 1. The number of carbonyl (C=O) groups is 2. The Balaban J connectivity index is 1.39. The van der Waals surface area contributed by atoms with Crippen LogP contribution in [0.5, 0.6) is 0 Å². The van der Waals surface area contributed by atoms with Gasteiger partial charge in [0.2, 0.25) is 0 Å². The minimum Gasteiger partial charge on any atom is -0.345 e. The molecule has 3 aromatic carbocycles. The monoisotopic (exact) mass is 475 g/mol. The van der Waals surface area contributed by atoms with E-state index in [1.807, 2.05) is 42.6 Å². The maximum Gasteiger partial charge on any atom is 0.258 e. The zero-order valence-corrected chi connectivity index (χ0v) is 19.0. The molecule has 1 N–H and O–H groups in total. The van der Waals surface area contributed by atoms with Crippen LogP contribution in [0.2, 0.25) is 10.0 Å². The van der Waals surface area contributed by atoms with E-state index in [4.69, 9.17) is 23.2 Å². The fourth-order valence-electron chi connectivity index (χ4n) is 3.99. The van der Waals surface area contributed by atoms with E-state index in [1.165, 1.54) is 6.07 Å². The van der Waals surface area contributed by atoms with Gasteiger partial charge in [0, 0.05) is 40.4 Å². The van der Waals surface area contributed by atoms with Gasteiger partial charge in [-0.3, -0.25) is 9.59 Å². The number of nitrogens with zero attached hydrogens (tertiary/aromatic N) is 2. The van der Waals surface area contributed by atoms with Gasteiger partial charge in [0.15, 0.2) is 0 Å². The number of fused-ring (bicyclic) bond motifs is 2. The first kappa shape index (κ1) is 21.3. The van der Waals surface area contributed by atoms with Gasteiger partial charge < -0.3 is 14.8 Å². The summed E-state index contributed by atoms with van der Waals surface area (Å²) in [7, 11) is 0. The molecule has 2 heterocycles. The third kappa shape index (κ3) is 4.25. The molecule has 0 spiro atoms. The van der Waals surface area contributed by atoms with Crippen molar-refractivity contribution >= 4 is 46.4 Å². The Hall–Kier alpha value is -3.54. The maximum absolute atomic E-state index is 13.5. The normalized spacial score (nSPS) is 12.5. The Morgan fingerprint density at radius 2 is 1.64 bits per heavy atom. The van der Waals surface area contributed by atoms with Gasteiger partial charge >= 0.3 is 0 Å². The van der Waals surface area contributed by atoms with Crippen LogP contribution >= 0.6 is 23.2 Å². The molecule has 0 bridgehead atoms. The van der Waals surface area contributed by atoms with Crippen LogP contribution in [0.3, 0.4) is 0 Å². The largest absolute Gasteiger partial charge is 0.345 e. The van der Waals surface area contributed by atoms with Crippen LogP contribution in [0.1, 0.15) is 32.0 Å². The minimum absolute atomic E-state index is 0.104. The first-order chi connectivity index (χ1) is 16.0. The van der Waals surface area contributed by atoms with E-state index < -0.39 is 0 Å². The zero-order chi connectivity index (χ0) is 22.9. The van der Waals surface area contributed by atoms with Crippen molar-refractivity contribution < 1.29 is 9.59 Å². The van der Waals surface area contributed by atoms with Crippen molar-refractivity contribution in [2.75, 3.05) is 10.2 Å². The van der Waals surface area contributed by atoms with Crippen molar-refractivity contribution in [1.82, 2.24) is 4.57 Å². The van der Waals surface area contributed by atoms with Crippen molar-refractivity contribution in [3.05, 3.63) is 117 Å². The second kappa shape index (κ2) is 8.77. The smallest absolute Gasteiger partial charge is 0.258 e. The third-order valence-electron chi connectivity index (χ3n) is 5.67. The molecular weight excluding hydrogens is 457 g/mol. The summed E-state index contributed by atoms with van der Waals surface area (Å²) in [5.41, 5.74) is 4.43. The third-order valence-corrected chi connectivity index (χ3v) is 6.24. The average molecular weight is 476 g/mol. The molecule has 7 heteroatoms. The predicted molar refractivity (Wildman–Crippen MR) is 131 cm³/mol. The minimum atomic E-state index is -0.371. The number of carbonyl (C=O) groups excluding carboxylic acids is 2. The summed E-state index contributed by atoms with van der Waals surface area (Å²) in [4.78, 5) is 27.9. The lowest BCUT2D eigenvalue weighted by atomic mass is 10.1. The molecule has 4 aromatic rings. The summed E-state index contributed by atoms with van der Waals surface area (Å²) < 4.78 is 2.16. The Bertz CT molecular complexity index is 1360. The van der Waals surface area contributed by atoms with Crippen LogP contribution in [0.25, 0.3) is 0 Å². The van der Waals surface area contributed by atoms with Crippen LogP contribution in [0.15, 0.2) is 85.1 Å². The standard InChI is InChI=1S/C26H19Cl2N3O2/c27-19-9-12-23(28)22(14-19)25(32)29-20-10-7-17(8-11-20)26(33)31-16-21-5-3-13-30(21)15-18-4-1-2-6-24(18)31/h1-14H,15-16H2,(H,29,32). The SMILES string of the molecule is O=C(Nc1ccc(C(=O)N2Cc3cccn3Cc3ccccc32)cc1)c1cc(Cl)ccc1Cl. The fraction of sp³-hybridized carbons (Fsp3) is 0.0769.